The first-order valence-corrected chi connectivity index (χ1v) is 9.23. The Morgan fingerprint density at radius 1 is 1.18 bits per heavy atom. The first kappa shape index (κ1) is 17.3. The monoisotopic (exact) mass is 327 g/mol. The summed E-state index contributed by atoms with van der Waals surface area (Å²) in [5.74, 6) is -0.00398. The second kappa shape index (κ2) is 8.57. The summed E-state index contributed by atoms with van der Waals surface area (Å²) in [4.78, 5) is 11.9. The third kappa shape index (κ3) is 5.01. The highest BCUT2D eigenvalue weighted by molar-refractivity contribution is 7.33. The molecule has 0 bridgehead atoms. The second-order valence-corrected chi connectivity index (χ2v) is 7.02. The van der Waals surface area contributed by atoms with Gasteiger partial charge in [-0.15, -0.1) is 0 Å². The highest BCUT2D eigenvalue weighted by atomic mass is 31.1. The molecular formula is C15H24N2O4P+. The Hall–Kier alpha value is -1.02. The minimum absolute atomic E-state index is 0.0416. The predicted molar refractivity (Wildman–Crippen MR) is 80.8 cm³/mol. The molecule has 1 atom stereocenters. The summed E-state index contributed by atoms with van der Waals surface area (Å²) in [5, 5.41) is 11.9. The van der Waals surface area contributed by atoms with Gasteiger partial charge in [0.2, 0.25) is 11.5 Å². The summed E-state index contributed by atoms with van der Waals surface area (Å²) in [5.41, 5.74) is -0.987. The minimum Gasteiger partial charge on any atom is -0.329 e. The highest BCUT2D eigenvalue weighted by Gasteiger charge is 2.43. The van der Waals surface area contributed by atoms with Crippen LogP contribution in [0.3, 0.4) is 0 Å². The lowest BCUT2D eigenvalue weighted by Crippen LogP contribution is -2.34. The molecule has 6 nitrogen and oxygen atoms in total. The van der Waals surface area contributed by atoms with Crippen molar-refractivity contribution in [2.45, 2.75) is 69.8 Å². The van der Waals surface area contributed by atoms with Crippen LogP contribution in [0.15, 0.2) is 0 Å². The fourth-order valence-electron chi connectivity index (χ4n) is 3.18. The molecule has 2 aliphatic carbocycles. The lowest BCUT2D eigenvalue weighted by atomic mass is 9.86. The first-order chi connectivity index (χ1) is 10.7. The maximum absolute atomic E-state index is 11.9. The SMILES string of the molecule is N#CC1(O[P+](=O)OCNC(=O)C2CCCCC2)CCCCC1. The van der Waals surface area contributed by atoms with Crippen LogP contribution in [0.25, 0.3) is 0 Å². The molecule has 1 amide bonds. The Morgan fingerprint density at radius 2 is 1.82 bits per heavy atom. The van der Waals surface area contributed by atoms with Crippen LogP contribution in [0.4, 0.5) is 0 Å². The van der Waals surface area contributed by atoms with Crippen LogP contribution in [0.5, 0.6) is 0 Å². The van der Waals surface area contributed by atoms with Gasteiger partial charge in [-0.2, -0.15) is 5.26 Å². The minimum atomic E-state index is -2.39. The van der Waals surface area contributed by atoms with E-state index in [9.17, 15) is 14.6 Å². The van der Waals surface area contributed by atoms with Crippen molar-refractivity contribution in [2.75, 3.05) is 6.73 Å². The van der Waals surface area contributed by atoms with Gasteiger partial charge in [0.1, 0.15) is 6.07 Å². The van der Waals surface area contributed by atoms with E-state index in [1.54, 1.807) is 0 Å². The molecule has 0 radical (unpaired) electrons. The smallest absolute Gasteiger partial charge is 0.329 e. The van der Waals surface area contributed by atoms with Crippen molar-refractivity contribution < 1.29 is 18.4 Å². The van der Waals surface area contributed by atoms with Gasteiger partial charge in [0.25, 0.3) is 0 Å². The molecule has 0 aromatic rings. The molecule has 2 aliphatic rings. The fourth-order valence-corrected chi connectivity index (χ4v) is 3.91. The van der Waals surface area contributed by atoms with Gasteiger partial charge in [0, 0.05) is 10.5 Å². The number of amides is 1. The van der Waals surface area contributed by atoms with Gasteiger partial charge in [0.15, 0.2) is 6.73 Å². The van der Waals surface area contributed by atoms with Crippen LogP contribution in [0.1, 0.15) is 64.2 Å². The van der Waals surface area contributed by atoms with Crippen LogP contribution in [-0.2, 0) is 18.4 Å². The Kier molecular flexibility index (Phi) is 6.75. The number of hydrogen-bond acceptors (Lipinski definition) is 5. The summed E-state index contributed by atoms with van der Waals surface area (Å²) in [7, 11) is -2.39. The van der Waals surface area contributed by atoms with E-state index in [2.05, 4.69) is 11.4 Å². The molecule has 1 unspecified atom stereocenters. The van der Waals surface area contributed by atoms with Gasteiger partial charge in [-0.1, -0.05) is 34.7 Å². The summed E-state index contributed by atoms with van der Waals surface area (Å²) in [6.45, 7) is -0.133. The van der Waals surface area contributed by atoms with E-state index < -0.39 is 13.9 Å². The molecule has 2 rings (SSSR count). The molecule has 22 heavy (non-hydrogen) atoms. The molecule has 0 spiro atoms. The zero-order chi connectivity index (χ0) is 15.8. The predicted octanol–water partition coefficient (Wildman–Crippen LogP) is 3.56. The van der Waals surface area contributed by atoms with Gasteiger partial charge in [-0.3, -0.25) is 4.79 Å². The highest BCUT2D eigenvalue weighted by Crippen LogP contribution is 2.39. The molecule has 2 fully saturated rings. The van der Waals surface area contributed by atoms with Gasteiger partial charge < -0.3 is 5.32 Å². The van der Waals surface area contributed by atoms with E-state index >= 15 is 0 Å². The van der Waals surface area contributed by atoms with Crippen molar-refractivity contribution in [2.24, 2.45) is 5.92 Å². The number of nitrogens with zero attached hydrogens (tertiary/aromatic N) is 1. The van der Waals surface area contributed by atoms with Crippen molar-refractivity contribution in [3.63, 3.8) is 0 Å². The lowest BCUT2D eigenvalue weighted by molar-refractivity contribution is -0.126. The summed E-state index contributed by atoms with van der Waals surface area (Å²) in [6.07, 6.45) is 9.22. The number of nitriles is 1. The van der Waals surface area contributed by atoms with E-state index in [4.69, 9.17) is 9.05 Å². The number of carbonyl (C=O) groups is 1. The van der Waals surface area contributed by atoms with Crippen molar-refractivity contribution in [3.05, 3.63) is 0 Å². The van der Waals surface area contributed by atoms with Crippen molar-refractivity contribution in [3.8, 4) is 6.07 Å². The molecule has 0 heterocycles. The maximum atomic E-state index is 11.9. The fraction of sp³-hybridized carbons (Fsp3) is 0.867. The molecule has 122 valence electrons. The van der Waals surface area contributed by atoms with E-state index in [1.807, 2.05) is 0 Å². The molecule has 1 N–H and O–H groups in total. The third-order valence-corrected chi connectivity index (χ3v) is 5.35. The topological polar surface area (TPSA) is 88.4 Å². The molecule has 0 aliphatic heterocycles. The average molecular weight is 327 g/mol. The zero-order valence-electron chi connectivity index (χ0n) is 12.9. The molecule has 0 saturated heterocycles. The van der Waals surface area contributed by atoms with Gasteiger partial charge in [-0.05, 0) is 38.5 Å². The standard InChI is InChI=1S/C15H23N2O4P/c16-11-15(9-5-2-6-10-15)21-22(19)20-12-17-14(18)13-7-3-1-4-8-13/h13H,1-10,12H2/p+1. The summed E-state index contributed by atoms with van der Waals surface area (Å²) in [6, 6.07) is 2.13. The lowest BCUT2D eigenvalue weighted by Gasteiger charge is -2.24. The molecular weight excluding hydrogens is 303 g/mol. The summed E-state index contributed by atoms with van der Waals surface area (Å²) < 4.78 is 22.2. The molecule has 2 saturated carbocycles. The van der Waals surface area contributed by atoms with E-state index in [-0.39, 0.29) is 18.6 Å². The van der Waals surface area contributed by atoms with E-state index in [0.29, 0.717) is 12.8 Å². The third-order valence-electron chi connectivity index (χ3n) is 4.51. The molecule has 0 aromatic heterocycles. The normalized spacial score (nSPS) is 22.6. The zero-order valence-corrected chi connectivity index (χ0v) is 13.8. The van der Waals surface area contributed by atoms with Crippen LogP contribution < -0.4 is 5.32 Å². The Bertz CT molecular complexity index is 437. The quantitative estimate of drug-likeness (QED) is 0.595. The average Bonchev–Trinajstić information content (AvgIpc) is 2.56. The second-order valence-electron chi connectivity index (χ2n) is 6.13. The Labute approximate surface area is 132 Å². The molecule has 7 heteroatoms. The van der Waals surface area contributed by atoms with Crippen molar-refractivity contribution >= 4 is 14.2 Å². The number of hydrogen-bond donors (Lipinski definition) is 1. The Balaban J connectivity index is 1.69. The maximum Gasteiger partial charge on any atom is 0.700 e. The number of carbonyl (C=O) groups excluding carboxylic acids is 1. The van der Waals surface area contributed by atoms with Crippen LogP contribution >= 0.6 is 8.25 Å². The van der Waals surface area contributed by atoms with Crippen molar-refractivity contribution in [1.82, 2.24) is 5.32 Å². The Morgan fingerprint density at radius 3 is 2.45 bits per heavy atom. The number of rotatable bonds is 6. The largest absolute Gasteiger partial charge is 0.700 e. The van der Waals surface area contributed by atoms with Crippen LogP contribution in [0, 0.1) is 17.2 Å². The van der Waals surface area contributed by atoms with Crippen LogP contribution in [-0.4, -0.2) is 18.2 Å². The van der Waals surface area contributed by atoms with E-state index in [1.165, 1.54) is 6.42 Å². The molecule has 0 aromatic carbocycles. The van der Waals surface area contributed by atoms with Crippen molar-refractivity contribution in [1.29, 1.82) is 5.26 Å². The van der Waals surface area contributed by atoms with Gasteiger partial charge in [0.05, 0.1) is 0 Å². The first-order valence-electron chi connectivity index (χ1n) is 8.13. The van der Waals surface area contributed by atoms with Gasteiger partial charge in [-0.25, -0.2) is 0 Å². The summed E-state index contributed by atoms with van der Waals surface area (Å²) >= 11 is 0. The van der Waals surface area contributed by atoms with Gasteiger partial charge >= 0.3 is 8.25 Å². The van der Waals surface area contributed by atoms with Crippen LogP contribution in [0.2, 0.25) is 0 Å². The van der Waals surface area contributed by atoms with E-state index in [0.717, 1.165) is 44.9 Å². The number of nitrogens with one attached hydrogen (secondary N) is 1.